The minimum Gasteiger partial charge on any atom is -1.00 e. The Balaban J connectivity index is 0.00000364. The van der Waals surface area contributed by atoms with E-state index < -0.39 is 17.7 Å². The van der Waals surface area contributed by atoms with Gasteiger partial charge in [-0.1, -0.05) is 30.3 Å². The van der Waals surface area contributed by atoms with Gasteiger partial charge in [-0.2, -0.15) is 4.99 Å². The lowest BCUT2D eigenvalue weighted by atomic mass is 10.1. The first kappa shape index (κ1) is 23.2. The highest BCUT2D eigenvalue weighted by molar-refractivity contribution is 7.80. The van der Waals surface area contributed by atoms with Gasteiger partial charge in [0.05, 0.1) is 6.61 Å². The quantitative estimate of drug-likeness (QED) is 0.350. The zero-order chi connectivity index (χ0) is 19.2. The van der Waals surface area contributed by atoms with Crippen LogP contribution in [0.3, 0.4) is 0 Å². The van der Waals surface area contributed by atoms with E-state index in [1.165, 1.54) is 11.4 Å². The van der Waals surface area contributed by atoms with E-state index in [0.29, 0.717) is 29.5 Å². The van der Waals surface area contributed by atoms with Crippen LogP contribution in [0.5, 0.6) is 0 Å². The molecule has 1 aliphatic rings. The molecular weight excluding hydrogens is 432 g/mol. The molecule has 0 fully saturated rings. The first-order chi connectivity index (χ1) is 12.3. The molecule has 1 aromatic carbocycles. The van der Waals surface area contributed by atoms with Crippen LogP contribution in [0.2, 0.25) is 0 Å². The van der Waals surface area contributed by atoms with E-state index in [1.807, 2.05) is 51.1 Å². The third-order valence-electron chi connectivity index (χ3n) is 3.38. The topological polar surface area (TPSA) is 77.0 Å². The maximum atomic E-state index is 12.2. The van der Waals surface area contributed by atoms with Crippen LogP contribution in [0.4, 0.5) is 4.79 Å². The zero-order valence-corrected chi connectivity index (χ0v) is 18.4. The fourth-order valence-electron chi connectivity index (χ4n) is 2.34. The van der Waals surface area contributed by atoms with Gasteiger partial charge in [0.2, 0.25) is 17.1 Å². The molecule has 1 atom stereocenters. The van der Waals surface area contributed by atoms with Crippen molar-refractivity contribution in [2.75, 3.05) is 12.4 Å². The highest BCUT2D eigenvalue weighted by Gasteiger charge is 2.35. The van der Waals surface area contributed by atoms with E-state index in [9.17, 15) is 9.59 Å². The Morgan fingerprint density at radius 2 is 1.93 bits per heavy atom. The number of ether oxygens (including phenoxy) is 2. The molecule has 0 spiro atoms. The number of benzene rings is 1. The Morgan fingerprint density at radius 1 is 1.26 bits per heavy atom. The van der Waals surface area contributed by atoms with Crippen molar-refractivity contribution < 1.29 is 36.0 Å². The summed E-state index contributed by atoms with van der Waals surface area (Å²) < 4.78 is 10.4. The first-order valence-electron chi connectivity index (χ1n) is 8.56. The van der Waals surface area contributed by atoms with Gasteiger partial charge < -0.3 is 31.8 Å². The number of halogens is 1. The molecule has 148 valence electrons. The van der Waals surface area contributed by atoms with Crippen molar-refractivity contribution in [3.05, 3.63) is 35.9 Å². The van der Waals surface area contributed by atoms with Crippen LogP contribution < -0.4 is 22.3 Å². The van der Waals surface area contributed by atoms with E-state index in [2.05, 4.69) is 10.3 Å². The standard InChI is InChI=1S/C19H24N2O4S.BrH/c1-5-24-17(22)15-12-26-16(20-15)14(11-13-9-7-6-8-10-13)21-18(23)25-19(2,3)4;/h6-10,14H,5,11-12H2,1-4H3;1H/t14-;/m1./s1. The summed E-state index contributed by atoms with van der Waals surface area (Å²) in [7, 11) is 0. The molecule has 0 saturated carbocycles. The van der Waals surface area contributed by atoms with Gasteiger partial charge >= 0.3 is 17.1 Å². The zero-order valence-electron chi connectivity index (χ0n) is 16.0. The molecule has 0 saturated heterocycles. The third kappa shape index (κ3) is 7.76. The minimum absolute atomic E-state index is 0. The van der Waals surface area contributed by atoms with Crippen LogP contribution in [0.15, 0.2) is 35.3 Å². The molecule has 1 N–H and O–H groups in total. The highest BCUT2D eigenvalue weighted by atomic mass is 79.9. The lowest BCUT2D eigenvalue weighted by molar-refractivity contribution is -0.135. The van der Waals surface area contributed by atoms with Crippen LogP contribution >= 0.6 is 0 Å². The number of esters is 1. The predicted molar refractivity (Wildman–Crippen MR) is 105 cm³/mol. The van der Waals surface area contributed by atoms with E-state index in [1.54, 1.807) is 6.92 Å². The van der Waals surface area contributed by atoms with E-state index in [4.69, 9.17) is 9.47 Å². The second-order valence-electron chi connectivity index (χ2n) is 6.79. The Kier molecular flexibility index (Phi) is 9.05. The van der Waals surface area contributed by atoms with Crippen molar-refractivity contribution in [2.24, 2.45) is 4.99 Å². The molecule has 6 nitrogen and oxygen atoms in total. The van der Waals surface area contributed by atoms with Crippen LogP contribution in [0.25, 0.3) is 0 Å². The lowest BCUT2D eigenvalue weighted by Gasteiger charge is -2.21. The Labute approximate surface area is 174 Å². The summed E-state index contributed by atoms with van der Waals surface area (Å²) in [6.07, 6.45) is 0.0495. The van der Waals surface area contributed by atoms with Gasteiger partial charge in [0, 0.05) is 6.42 Å². The highest BCUT2D eigenvalue weighted by Crippen LogP contribution is 2.11. The number of nitrogens with zero attached hydrogens (tertiary/aromatic N) is 1. The molecule has 1 heterocycles. The van der Waals surface area contributed by atoms with Crippen LogP contribution in [0.1, 0.15) is 33.3 Å². The fraction of sp³-hybridized carbons (Fsp3) is 0.474. The minimum atomic E-state index is -0.589. The van der Waals surface area contributed by atoms with Gasteiger partial charge in [-0.15, -0.1) is 0 Å². The summed E-state index contributed by atoms with van der Waals surface area (Å²) >= 11 is 1.43. The molecule has 1 aliphatic heterocycles. The van der Waals surface area contributed by atoms with Gasteiger partial charge in [-0.3, -0.25) is 0 Å². The van der Waals surface area contributed by atoms with E-state index in [0.717, 1.165) is 5.56 Å². The van der Waals surface area contributed by atoms with Crippen molar-refractivity contribution in [1.29, 1.82) is 0 Å². The number of hydrogen-bond donors (Lipinski definition) is 1. The molecule has 1 amide bonds. The van der Waals surface area contributed by atoms with Crippen LogP contribution in [-0.2, 0) is 32.0 Å². The van der Waals surface area contributed by atoms with Crippen molar-refractivity contribution in [3.63, 3.8) is 0 Å². The lowest BCUT2D eigenvalue weighted by Crippen LogP contribution is -3.00. The smallest absolute Gasteiger partial charge is 0.408 e. The summed E-state index contributed by atoms with van der Waals surface area (Å²) in [4.78, 5) is 29.2. The Bertz CT molecular complexity index is 714. The summed E-state index contributed by atoms with van der Waals surface area (Å²) in [5.41, 5.74) is 0.839. The molecule has 0 aliphatic carbocycles. The molecular formula is C19H25BrN2O4S. The second kappa shape index (κ2) is 10.5. The number of aliphatic imine (C=N–C) groups is 1. The molecule has 27 heavy (non-hydrogen) atoms. The van der Waals surface area contributed by atoms with Gasteiger partial charge in [-0.25, -0.2) is 9.59 Å². The molecule has 1 aromatic rings. The van der Waals surface area contributed by atoms with Crippen LogP contribution in [-0.4, -0.2) is 46.8 Å². The largest absolute Gasteiger partial charge is 1.00 e. The molecule has 0 aromatic heterocycles. The van der Waals surface area contributed by atoms with Crippen molar-refractivity contribution in [3.8, 4) is 0 Å². The molecule has 0 unspecified atom stereocenters. The maximum Gasteiger partial charge on any atom is 0.408 e. The average molecular weight is 457 g/mol. The van der Waals surface area contributed by atoms with Gasteiger partial charge in [0.25, 0.3) is 0 Å². The first-order valence-corrected chi connectivity index (χ1v) is 9.55. The third-order valence-corrected chi connectivity index (χ3v) is 4.47. The van der Waals surface area contributed by atoms with Gasteiger partial charge in [-0.05, 0) is 33.3 Å². The number of carbonyl (C=O) groups excluding carboxylic acids is 2. The predicted octanol–water partition coefficient (Wildman–Crippen LogP) is -0.643. The maximum absolute atomic E-state index is 12.2. The second-order valence-corrected chi connectivity index (χ2v) is 7.79. The summed E-state index contributed by atoms with van der Waals surface area (Å²) in [6, 6.07) is 9.43. The fourth-order valence-corrected chi connectivity index (χ4v) is 3.32. The van der Waals surface area contributed by atoms with Gasteiger partial charge in [0.1, 0.15) is 11.6 Å². The number of carbonyl (C=O) groups is 2. The number of hydrogen-bond acceptors (Lipinski definition) is 5. The van der Waals surface area contributed by atoms with Crippen LogP contribution in [0, 0.1) is 0 Å². The average Bonchev–Trinajstić information content (AvgIpc) is 3.04. The molecule has 8 heteroatoms. The Hall–Kier alpha value is -1.80. The molecule has 0 radical (unpaired) electrons. The summed E-state index contributed by atoms with van der Waals surface area (Å²) in [5, 5.41) is 2.88. The number of alkyl carbamates (subject to hydrolysis) is 1. The summed E-state index contributed by atoms with van der Waals surface area (Å²) in [6.45, 7) is 7.50. The Morgan fingerprint density at radius 3 is 2.52 bits per heavy atom. The normalized spacial score (nSPS) is 14.4. The number of amides is 1. The number of rotatable bonds is 6. The van der Waals surface area contributed by atoms with Gasteiger partial charge in [0.15, 0.2) is 5.71 Å². The van der Waals surface area contributed by atoms with E-state index >= 15 is 0 Å². The summed E-state index contributed by atoms with van der Waals surface area (Å²) in [5.74, 6) is 0.0286. The monoisotopic (exact) mass is 456 g/mol. The SMILES string of the molecule is CCOC(=O)C1=NC([C@@H](Cc2ccccc2)NC(=O)OC(C)(C)C)=[S+]C1.[Br-]. The molecule has 2 rings (SSSR count). The van der Waals surface area contributed by atoms with Crippen molar-refractivity contribution in [1.82, 2.24) is 5.32 Å². The van der Waals surface area contributed by atoms with E-state index in [-0.39, 0.29) is 23.0 Å². The number of nitrogens with one attached hydrogen (secondary N) is 1. The van der Waals surface area contributed by atoms with Crippen molar-refractivity contribution in [2.45, 2.75) is 45.8 Å². The van der Waals surface area contributed by atoms with Crippen molar-refractivity contribution >= 4 is 34.1 Å². The molecule has 0 bridgehead atoms.